The molecule has 0 aromatic heterocycles. The standard InChI is InChI=1S/C16H15Cl2FO2/c1-9-10(5-4-6-12(9)17)16(18)11-7-14(20-2)15(21-3)8-13(11)19/h4-8,16H,1-3H3. The van der Waals surface area contributed by atoms with Gasteiger partial charge in [0.25, 0.3) is 0 Å². The Balaban J connectivity index is 2.53. The van der Waals surface area contributed by atoms with E-state index in [4.69, 9.17) is 32.7 Å². The molecule has 0 aliphatic rings. The van der Waals surface area contributed by atoms with Gasteiger partial charge in [-0.3, -0.25) is 0 Å². The third-order valence-corrected chi connectivity index (χ3v) is 4.24. The molecule has 0 amide bonds. The summed E-state index contributed by atoms with van der Waals surface area (Å²) in [5.74, 6) is 0.302. The van der Waals surface area contributed by atoms with Crippen molar-refractivity contribution < 1.29 is 13.9 Å². The lowest BCUT2D eigenvalue weighted by Crippen LogP contribution is -2.02. The van der Waals surface area contributed by atoms with Crippen LogP contribution in [0.1, 0.15) is 22.1 Å². The van der Waals surface area contributed by atoms with Crippen LogP contribution in [0.15, 0.2) is 30.3 Å². The zero-order chi connectivity index (χ0) is 15.6. The van der Waals surface area contributed by atoms with Gasteiger partial charge in [0.2, 0.25) is 0 Å². The lowest BCUT2D eigenvalue weighted by Gasteiger charge is -2.17. The average Bonchev–Trinajstić information content (AvgIpc) is 2.49. The summed E-state index contributed by atoms with van der Waals surface area (Å²) < 4.78 is 24.5. The second kappa shape index (κ2) is 6.54. The highest BCUT2D eigenvalue weighted by Gasteiger charge is 2.21. The number of alkyl halides is 1. The Morgan fingerprint density at radius 1 is 1.05 bits per heavy atom. The Morgan fingerprint density at radius 3 is 2.29 bits per heavy atom. The summed E-state index contributed by atoms with van der Waals surface area (Å²) in [5, 5.41) is -0.0671. The van der Waals surface area contributed by atoms with Gasteiger partial charge in [-0.1, -0.05) is 23.7 Å². The fourth-order valence-corrected chi connectivity index (χ4v) is 2.72. The second-order valence-electron chi connectivity index (χ2n) is 4.55. The first kappa shape index (κ1) is 15.9. The van der Waals surface area contributed by atoms with Crippen LogP contribution in [-0.2, 0) is 0 Å². The van der Waals surface area contributed by atoms with Crippen molar-refractivity contribution in [2.24, 2.45) is 0 Å². The predicted octanol–water partition coefficient (Wildman–Crippen LogP) is 5.13. The fourth-order valence-electron chi connectivity index (χ4n) is 2.13. The molecule has 2 nitrogen and oxygen atoms in total. The van der Waals surface area contributed by atoms with Crippen LogP contribution in [0.2, 0.25) is 5.02 Å². The van der Waals surface area contributed by atoms with Crippen LogP contribution in [-0.4, -0.2) is 14.2 Å². The molecule has 0 fully saturated rings. The van der Waals surface area contributed by atoms with E-state index < -0.39 is 11.2 Å². The summed E-state index contributed by atoms with van der Waals surface area (Å²) in [5.41, 5.74) is 1.91. The van der Waals surface area contributed by atoms with Crippen LogP contribution >= 0.6 is 23.2 Å². The summed E-state index contributed by atoms with van der Waals surface area (Å²) in [6.07, 6.45) is 0. The molecular formula is C16H15Cl2FO2. The van der Waals surface area contributed by atoms with E-state index in [2.05, 4.69) is 0 Å². The van der Waals surface area contributed by atoms with Gasteiger partial charge in [0, 0.05) is 16.7 Å². The number of rotatable bonds is 4. The normalized spacial score (nSPS) is 12.1. The lowest BCUT2D eigenvalue weighted by atomic mass is 9.99. The Kier molecular flexibility index (Phi) is 4.96. The van der Waals surface area contributed by atoms with Crippen molar-refractivity contribution >= 4 is 23.2 Å². The summed E-state index contributed by atoms with van der Waals surface area (Å²) in [4.78, 5) is 0. The summed E-state index contributed by atoms with van der Waals surface area (Å²) in [6, 6.07) is 8.21. The summed E-state index contributed by atoms with van der Waals surface area (Å²) in [7, 11) is 2.95. The van der Waals surface area contributed by atoms with E-state index in [1.165, 1.54) is 20.3 Å². The minimum atomic E-state index is -0.663. The van der Waals surface area contributed by atoms with Crippen LogP contribution < -0.4 is 9.47 Å². The zero-order valence-corrected chi connectivity index (χ0v) is 13.4. The molecule has 0 N–H and O–H groups in total. The first-order valence-corrected chi connectivity index (χ1v) is 7.11. The van der Waals surface area contributed by atoms with Crippen molar-refractivity contribution in [2.75, 3.05) is 14.2 Å². The fraction of sp³-hybridized carbons (Fsp3) is 0.250. The number of benzene rings is 2. The van der Waals surface area contributed by atoms with E-state index in [1.807, 2.05) is 13.0 Å². The number of hydrogen-bond donors (Lipinski definition) is 0. The molecule has 0 saturated heterocycles. The molecule has 0 radical (unpaired) electrons. The first-order chi connectivity index (χ1) is 9.99. The van der Waals surface area contributed by atoms with Crippen LogP contribution in [0.3, 0.4) is 0 Å². The maximum absolute atomic E-state index is 14.3. The highest BCUT2D eigenvalue weighted by molar-refractivity contribution is 6.31. The summed E-state index contributed by atoms with van der Waals surface area (Å²) >= 11 is 12.5. The van der Waals surface area contributed by atoms with Crippen molar-refractivity contribution in [1.29, 1.82) is 0 Å². The van der Waals surface area contributed by atoms with Gasteiger partial charge in [-0.15, -0.1) is 11.6 Å². The van der Waals surface area contributed by atoms with E-state index in [1.54, 1.807) is 18.2 Å². The van der Waals surface area contributed by atoms with E-state index in [0.29, 0.717) is 22.1 Å². The predicted molar refractivity (Wildman–Crippen MR) is 83.4 cm³/mol. The molecule has 0 aliphatic heterocycles. The third kappa shape index (κ3) is 3.09. The molecule has 2 aromatic carbocycles. The number of methoxy groups -OCH3 is 2. The van der Waals surface area contributed by atoms with E-state index in [-0.39, 0.29) is 0 Å². The average molecular weight is 329 g/mol. The molecule has 21 heavy (non-hydrogen) atoms. The maximum Gasteiger partial charge on any atom is 0.163 e. The van der Waals surface area contributed by atoms with Gasteiger partial charge in [0.05, 0.1) is 19.6 Å². The second-order valence-corrected chi connectivity index (χ2v) is 5.39. The first-order valence-electron chi connectivity index (χ1n) is 6.30. The highest BCUT2D eigenvalue weighted by atomic mass is 35.5. The Bertz CT molecular complexity index is 659. The smallest absolute Gasteiger partial charge is 0.163 e. The molecular weight excluding hydrogens is 314 g/mol. The SMILES string of the molecule is COc1cc(F)c(C(Cl)c2cccc(Cl)c2C)cc1OC. The number of ether oxygens (including phenoxy) is 2. The van der Waals surface area contributed by atoms with Gasteiger partial charge in [-0.2, -0.15) is 0 Å². The van der Waals surface area contributed by atoms with Crippen LogP contribution in [0.25, 0.3) is 0 Å². The van der Waals surface area contributed by atoms with Crippen molar-refractivity contribution in [3.05, 3.63) is 57.9 Å². The Hall–Kier alpha value is -1.45. The molecule has 2 rings (SSSR count). The molecule has 0 bridgehead atoms. The molecule has 1 atom stereocenters. The highest BCUT2D eigenvalue weighted by Crippen LogP contribution is 2.39. The van der Waals surface area contributed by atoms with E-state index in [9.17, 15) is 4.39 Å². The van der Waals surface area contributed by atoms with Crippen LogP contribution in [0.4, 0.5) is 4.39 Å². The minimum Gasteiger partial charge on any atom is -0.493 e. The molecule has 0 spiro atoms. The zero-order valence-electron chi connectivity index (χ0n) is 11.9. The van der Waals surface area contributed by atoms with Crippen LogP contribution in [0, 0.1) is 12.7 Å². The Labute approximate surface area is 133 Å². The topological polar surface area (TPSA) is 18.5 Å². The van der Waals surface area contributed by atoms with Gasteiger partial charge in [-0.05, 0) is 30.2 Å². The quantitative estimate of drug-likeness (QED) is 0.724. The van der Waals surface area contributed by atoms with E-state index >= 15 is 0 Å². The van der Waals surface area contributed by atoms with Gasteiger partial charge in [-0.25, -0.2) is 4.39 Å². The van der Waals surface area contributed by atoms with Gasteiger partial charge >= 0.3 is 0 Å². The molecule has 5 heteroatoms. The third-order valence-electron chi connectivity index (χ3n) is 3.36. The number of halogens is 3. The van der Waals surface area contributed by atoms with Gasteiger partial charge in [0.1, 0.15) is 5.82 Å². The Morgan fingerprint density at radius 2 is 1.67 bits per heavy atom. The number of hydrogen-bond acceptors (Lipinski definition) is 2. The maximum atomic E-state index is 14.3. The van der Waals surface area contributed by atoms with Crippen molar-refractivity contribution in [3.8, 4) is 11.5 Å². The minimum absolute atomic E-state index is 0.319. The molecule has 0 heterocycles. The van der Waals surface area contributed by atoms with E-state index in [0.717, 1.165) is 11.1 Å². The molecule has 0 saturated carbocycles. The summed E-state index contributed by atoms with van der Waals surface area (Å²) in [6.45, 7) is 1.85. The molecule has 0 aliphatic carbocycles. The van der Waals surface area contributed by atoms with Gasteiger partial charge < -0.3 is 9.47 Å². The van der Waals surface area contributed by atoms with Crippen LogP contribution in [0.5, 0.6) is 11.5 Å². The van der Waals surface area contributed by atoms with Gasteiger partial charge in [0.15, 0.2) is 11.5 Å². The molecule has 2 aromatic rings. The largest absolute Gasteiger partial charge is 0.493 e. The monoisotopic (exact) mass is 328 g/mol. The van der Waals surface area contributed by atoms with Crippen molar-refractivity contribution in [1.82, 2.24) is 0 Å². The van der Waals surface area contributed by atoms with Crippen molar-refractivity contribution in [2.45, 2.75) is 12.3 Å². The molecule has 1 unspecified atom stereocenters. The lowest BCUT2D eigenvalue weighted by molar-refractivity contribution is 0.351. The van der Waals surface area contributed by atoms with Crippen molar-refractivity contribution in [3.63, 3.8) is 0 Å². The molecule has 112 valence electrons.